The summed E-state index contributed by atoms with van der Waals surface area (Å²) in [4.78, 5) is 37.6. The summed E-state index contributed by atoms with van der Waals surface area (Å²) in [5.41, 5.74) is 0. The maximum atomic E-state index is 12.7. The molecule has 0 aromatic carbocycles. The number of unbranched alkanes of at least 4 members (excludes halogenated alkanes) is 19. The van der Waals surface area contributed by atoms with E-state index in [0.717, 1.165) is 89.9 Å². The highest BCUT2D eigenvalue weighted by Gasteiger charge is 2.19. The van der Waals surface area contributed by atoms with Gasteiger partial charge in [-0.2, -0.15) is 0 Å². The number of ether oxygens (including phenoxy) is 3. The van der Waals surface area contributed by atoms with Crippen LogP contribution in [0.25, 0.3) is 0 Å². The van der Waals surface area contributed by atoms with E-state index in [4.69, 9.17) is 14.2 Å². The van der Waals surface area contributed by atoms with Gasteiger partial charge in [-0.25, -0.2) is 0 Å². The summed E-state index contributed by atoms with van der Waals surface area (Å²) in [6.07, 6.45) is 46.7. The zero-order valence-electron chi connectivity index (χ0n) is 34.1. The van der Waals surface area contributed by atoms with E-state index in [2.05, 4.69) is 69.4 Å². The van der Waals surface area contributed by atoms with E-state index in [9.17, 15) is 14.4 Å². The van der Waals surface area contributed by atoms with Crippen molar-refractivity contribution in [3.05, 3.63) is 48.6 Å². The van der Waals surface area contributed by atoms with Gasteiger partial charge in [-0.1, -0.05) is 166 Å². The highest BCUT2D eigenvalue weighted by atomic mass is 16.6. The lowest BCUT2D eigenvalue weighted by Crippen LogP contribution is -2.30. The Balaban J connectivity index is 4.38. The monoisotopic (exact) mass is 729 g/mol. The van der Waals surface area contributed by atoms with E-state index < -0.39 is 6.10 Å². The topological polar surface area (TPSA) is 78.9 Å². The fourth-order valence-corrected chi connectivity index (χ4v) is 5.87. The molecule has 0 saturated carbocycles. The third-order valence-corrected chi connectivity index (χ3v) is 9.08. The number of hydrogen-bond donors (Lipinski definition) is 0. The highest BCUT2D eigenvalue weighted by molar-refractivity contribution is 5.71. The number of rotatable bonds is 38. The van der Waals surface area contributed by atoms with E-state index in [1.165, 1.54) is 77.0 Å². The summed E-state index contributed by atoms with van der Waals surface area (Å²) in [6.45, 7) is 6.35. The van der Waals surface area contributed by atoms with Gasteiger partial charge in [-0.15, -0.1) is 0 Å². The standard InChI is InChI=1S/C46H80O6/c1-4-7-10-13-16-19-21-22-23-25-27-30-33-36-39-45(48)51-42-43(41-50-44(47)38-35-32-29-26-18-15-12-9-6-3)52-46(49)40-37-34-31-28-24-20-17-14-11-8-5-2/h7,9-10,12,16,18-19,26,43H,4-6,8,11,13-15,17,20-25,27-42H2,1-3H3/b10-7-,12-9-,19-16-,26-18-. The summed E-state index contributed by atoms with van der Waals surface area (Å²) in [7, 11) is 0. The van der Waals surface area contributed by atoms with Crippen LogP contribution < -0.4 is 0 Å². The molecule has 0 saturated heterocycles. The van der Waals surface area contributed by atoms with Crippen LogP contribution in [0.3, 0.4) is 0 Å². The SMILES string of the molecule is CC/C=C\C/C=C\CCCCCCCCCC(=O)OCC(COC(=O)CCCC/C=C\C/C=C\CC)OC(=O)CCCCCCCCCCCCC. The summed E-state index contributed by atoms with van der Waals surface area (Å²) in [6, 6.07) is 0. The molecule has 0 aliphatic heterocycles. The van der Waals surface area contributed by atoms with Gasteiger partial charge < -0.3 is 14.2 Å². The van der Waals surface area contributed by atoms with Gasteiger partial charge in [0.2, 0.25) is 0 Å². The fraction of sp³-hybridized carbons (Fsp3) is 0.761. The molecule has 0 N–H and O–H groups in total. The Morgan fingerprint density at radius 1 is 0.404 bits per heavy atom. The van der Waals surface area contributed by atoms with Crippen LogP contribution in [0.2, 0.25) is 0 Å². The molecule has 0 radical (unpaired) electrons. The maximum Gasteiger partial charge on any atom is 0.306 e. The molecule has 0 aromatic rings. The number of esters is 3. The second kappa shape index (κ2) is 41.1. The van der Waals surface area contributed by atoms with Crippen LogP contribution in [0.15, 0.2) is 48.6 Å². The summed E-state index contributed by atoms with van der Waals surface area (Å²) >= 11 is 0. The van der Waals surface area contributed by atoms with Crippen molar-refractivity contribution in [3.63, 3.8) is 0 Å². The molecule has 6 heteroatoms. The average molecular weight is 729 g/mol. The van der Waals surface area contributed by atoms with Gasteiger partial charge in [0.05, 0.1) is 0 Å². The number of allylic oxidation sites excluding steroid dienone is 8. The lowest BCUT2D eigenvalue weighted by Gasteiger charge is -2.18. The van der Waals surface area contributed by atoms with E-state index in [1.807, 2.05) is 0 Å². The lowest BCUT2D eigenvalue weighted by molar-refractivity contribution is -0.167. The predicted molar refractivity (Wildman–Crippen MR) is 219 cm³/mol. The van der Waals surface area contributed by atoms with Crippen molar-refractivity contribution in [2.45, 2.75) is 213 Å². The van der Waals surface area contributed by atoms with Gasteiger partial charge >= 0.3 is 17.9 Å². The molecule has 1 atom stereocenters. The molecule has 0 aromatic heterocycles. The molecule has 0 bridgehead atoms. The van der Waals surface area contributed by atoms with Crippen LogP contribution in [-0.4, -0.2) is 37.2 Å². The second-order valence-corrected chi connectivity index (χ2v) is 14.2. The first-order valence-corrected chi connectivity index (χ1v) is 21.6. The number of hydrogen-bond acceptors (Lipinski definition) is 6. The molecular weight excluding hydrogens is 648 g/mol. The van der Waals surface area contributed by atoms with Gasteiger partial charge in [0.25, 0.3) is 0 Å². The fourth-order valence-electron chi connectivity index (χ4n) is 5.87. The minimum Gasteiger partial charge on any atom is -0.462 e. The van der Waals surface area contributed by atoms with Crippen molar-refractivity contribution in [1.29, 1.82) is 0 Å². The normalized spacial score (nSPS) is 12.4. The van der Waals surface area contributed by atoms with Crippen molar-refractivity contribution in [3.8, 4) is 0 Å². The lowest BCUT2D eigenvalue weighted by atomic mass is 10.1. The van der Waals surface area contributed by atoms with Crippen molar-refractivity contribution in [2.75, 3.05) is 13.2 Å². The average Bonchev–Trinajstić information content (AvgIpc) is 3.14. The molecule has 6 nitrogen and oxygen atoms in total. The minimum atomic E-state index is -0.783. The van der Waals surface area contributed by atoms with Crippen LogP contribution in [0.1, 0.15) is 207 Å². The van der Waals surface area contributed by atoms with Gasteiger partial charge in [0.15, 0.2) is 6.10 Å². The Labute approximate surface area is 320 Å². The Kier molecular flexibility index (Phi) is 39.1. The van der Waals surface area contributed by atoms with E-state index in [1.54, 1.807) is 0 Å². The predicted octanol–water partition coefficient (Wildman–Crippen LogP) is 13.6. The molecule has 0 aliphatic carbocycles. The summed E-state index contributed by atoms with van der Waals surface area (Å²) in [5.74, 6) is -0.936. The van der Waals surface area contributed by atoms with Crippen molar-refractivity contribution in [1.82, 2.24) is 0 Å². The first-order chi connectivity index (χ1) is 25.5. The Morgan fingerprint density at radius 3 is 1.19 bits per heavy atom. The van der Waals surface area contributed by atoms with E-state index in [-0.39, 0.29) is 31.1 Å². The molecule has 0 amide bonds. The Hall–Kier alpha value is -2.63. The van der Waals surface area contributed by atoms with Gasteiger partial charge in [0.1, 0.15) is 13.2 Å². The maximum absolute atomic E-state index is 12.7. The van der Waals surface area contributed by atoms with Crippen LogP contribution in [0.4, 0.5) is 0 Å². The quantitative estimate of drug-likeness (QED) is 0.0272. The zero-order chi connectivity index (χ0) is 38.0. The molecule has 0 heterocycles. The van der Waals surface area contributed by atoms with Crippen LogP contribution in [-0.2, 0) is 28.6 Å². The Morgan fingerprint density at radius 2 is 0.750 bits per heavy atom. The van der Waals surface area contributed by atoms with Gasteiger partial charge in [-0.3, -0.25) is 14.4 Å². The smallest absolute Gasteiger partial charge is 0.306 e. The van der Waals surface area contributed by atoms with Crippen molar-refractivity contribution in [2.24, 2.45) is 0 Å². The summed E-state index contributed by atoms with van der Waals surface area (Å²) in [5, 5.41) is 0. The molecule has 52 heavy (non-hydrogen) atoms. The molecular formula is C46H80O6. The van der Waals surface area contributed by atoms with Gasteiger partial charge in [0, 0.05) is 19.3 Å². The largest absolute Gasteiger partial charge is 0.462 e. The minimum absolute atomic E-state index is 0.0866. The first-order valence-electron chi connectivity index (χ1n) is 21.6. The molecule has 0 fully saturated rings. The molecule has 0 spiro atoms. The van der Waals surface area contributed by atoms with Crippen molar-refractivity contribution >= 4 is 17.9 Å². The zero-order valence-corrected chi connectivity index (χ0v) is 34.1. The first kappa shape index (κ1) is 49.4. The molecule has 300 valence electrons. The summed E-state index contributed by atoms with van der Waals surface area (Å²) < 4.78 is 16.6. The third kappa shape index (κ3) is 38.6. The van der Waals surface area contributed by atoms with Crippen LogP contribution >= 0.6 is 0 Å². The number of carbonyl (C=O) groups excluding carboxylic acids is 3. The molecule has 1 unspecified atom stereocenters. The second-order valence-electron chi connectivity index (χ2n) is 14.2. The van der Waals surface area contributed by atoms with Crippen LogP contribution in [0, 0.1) is 0 Å². The van der Waals surface area contributed by atoms with E-state index >= 15 is 0 Å². The van der Waals surface area contributed by atoms with Crippen molar-refractivity contribution < 1.29 is 28.6 Å². The molecule has 0 rings (SSSR count). The van der Waals surface area contributed by atoms with Gasteiger partial charge in [-0.05, 0) is 70.6 Å². The number of carbonyl (C=O) groups is 3. The third-order valence-electron chi connectivity index (χ3n) is 9.08. The Bertz CT molecular complexity index is 933. The highest BCUT2D eigenvalue weighted by Crippen LogP contribution is 2.14. The molecule has 0 aliphatic rings. The van der Waals surface area contributed by atoms with E-state index in [0.29, 0.717) is 19.3 Å². The van der Waals surface area contributed by atoms with Crippen LogP contribution in [0.5, 0.6) is 0 Å².